The monoisotopic (exact) mass is 263 g/mol. The van der Waals surface area contributed by atoms with Crippen molar-refractivity contribution in [1.29, 1.82) is 0 Å². The molecule has 1 aromatic rings. The molecule has 0 spiro atoms. The third kappa shape index (κ3) is 2.04. The third-order valence-electron chi connectivity index (χ3n) is 3.20. The molecule has 0 aliphatic carbocycles. The van der Waals surface area contributed by atoms with Crippen LogP contribution in [0.15, 0.2) is 4.79 Å². The Labute approximate surface area is 109 Å². The molecule has 1 aliphatic rings. The lowest BCUT2D eigenvalue weighted by Crippen LogP contribution is -2.48. The van der Waals surface area contributed by atoms with Crippen LogP contribution in [-0.2, 0) is 6.54 Å². The largest absolute Gasteiger partial charge is 0.478 e. The first-order valence-corrected chi connectivity index (χ1v) is 6.73. The minimum atomic E-state index is -0.0772. The second-order valence-corrected chi connectivity index (χ2v) is 5.12. The maximum atomic E-state index is 12.3. The van der Waals surface area contributed by atoms with Crippen LogP contribution >= 0.6 is 8.86 Å². The van der Waals surface area contributed by atoms with Gasteiger partial charge in [0.2, 0.25) is 5.88 Å². The highest BCUT2D eigenvalue weighted by molar-refractivity contribution is 7.22. The molecule has 0 fully saturated rings. The van der Waals surface area contributed by atoms with E-state index in [4.69, 9.17) is 4.74 Å². The first-order valence-electron chi connectivity index (χ1n) is 6.23. The molecular weight excluding hydrogens is 245 g/mol. The average Bonchev–Trinajstić information content (AvgIpc) is 2.37. The van der Waals surface area contributed by atoms with Gasteiger partial charge in [-0.2, -0.15) is 0 Å². The smallest absolute Gasteiger partial charge is 0.206 e. The maximum Gasteiger partial charge on any atom is 0.206 e. The minimum Gasteiger partial charge on any atom is -0.478 e. The summed E-state index contributed by atoms with van der Waals surface area (Å²) in [5.74, 6) is 0.641. The molecule has 18 heavy (non-hydrogen) atoms. The van der Waals surface area contributed by atoms with Gasteiger partial charge in [-0.3, -0.25) is 4.79 Å². The lowest BCUT2D eigenvalue weighted by molar-refractivity contribution is 0.234. The lowest BCUT2D eigenvalue weighted by atomic mass is 10.1. The fourth-order valence-corrected chi connectivity index (χ4v) is 2.69. The normalized spacial score (nSPS) is 13.8. The minimum absolute atomic E-state index is 0.0772. The second-order valence-electron chi connectivity index (χ2n) is 4.52. The molecule has 0 unspecified atom stereocenters. The molecule has 1 aliphatic heterocycles. The Kier molecular flexibility index (Phi) is 3.72. The molecule has 0 aromatic carbocycles. The van der Waals surface area contributed by atoms with Crippen molar-refractivity contribution < 1.29 is 4.74 Å². The number of aromatic nitrogens is 1. The van der Waals surface area contributed by atoms with Crippen molar-refractivity contribution in [2.45, 2.75) is 32.7 Å². The summed E-state index contributed by atoms with van der Waals surface area (Å²) in [6.07, 6.45) is 2.72. The Balaban J connectivity index is 2.76. The zero-order valence-corrected chi connectivity index (χ0v) is 11.7. The summed E-state index contributed by atoms with van der Waals surface area (Å²) in [5, 5.41) is 2.01. The van der Waals surface area contributed by atoms with Crippen LogP contribution in [0.25, 0.3) is 13.2 Å². The van der Waals surface area contributed by atoms with Gasteiger partial charge in [0, 0.05) is 17.1 Å². The summed E-state index contributed by atoms with van der Waals surface area (Å²) in [5.41, 5.74) is 0.539. The van der Waals surface area contributed by atoms with E-state index >= 15 is 0 Å². The number of hydrogen-bond donors (Lipinski definition) is 0. The molecule has 0 saturated heterocycles. The van der Waals surface area contributed by atoms with Crippen molar-refractivity contribution in [3.63, 3.8) is 0 Å². The number of fused-ring (bicyclic) bond motifs is 1. The summed E-state index contributed by atoms with van der Waals surface area (Å²) in [7, 11) is 3.57. The van der Waals surface area contributed by atoms with E-state index < -0.39 is 0 Å². The molecular formula is C14H18NO2P. The standard InChI is InChI=1S/C14H18NO2P/c1-4-6-11(18)12-13(16)9(2)10(3)15-7-5-8-17-14(12)15/h18H,2-8H2,1H3. The van der Waals surface area contributed by atoms with E-state index in [9.17, 15) is 4.79 Å². The Morgan fingerprint density at radius 1 is 1.50 bits per heavy atom. The zero-order chi connectivity index (χ0) is 13.3. The van der Waals surface area contributed by atoms with Crippen LogP contribution < -0.4 is 20.7 Å². The molecule has 0 bridgehead atoms. The Bertz CT molecular complexity index is 645. The van der Waals surface area contributed by atoms with Gasteiger partial charge >= 0.3 is 0 Å². The number of rotatable bonds is 3. The van der Waals surface area contributed by atoms with Crippen LogP contribution in [0.4, 0.5) is 0 Å². The first-order chi connectivity index (χ1) is 8.57. The molecule has 0 saturated carbocycles. The summed E-state index contributed by atoms with van der Waals surface area (Å²) < 4.78 is 7.64. The van der Waals surface area contributed by atoms with Crippen molar-refractivity contribution in [3.8, 4) is 5.88 Å². The maximum absolute atomic E-state index is 12.3. The Morgan fingerprint density at radius 3 is 2.89 bits per heavy atom. The topological polar surface area (TPSA) is 31.2 Å². The summed E-state index contributed by atoms with van der Waals surface area (Å²) in [4.78, 5) is 12.3. The van der Waals surface area contributed by atoms with E-state index in [-0.39, 0.29) is 5.43 Å². The van der Waals surface area contributed by atoms with Gasteiger partial charge in [0.1, 0.15) is 0 Å². The van der Waals surface area contributed by atoms with Crippen LogP contribution in [0.5, 0.6) is 5.88 Å². The van der Waals surface area contributed by atoms with Crippen molar-refractivity contribution in [2.75, 3.05) is 6.61 Å². The molecule has 1 aromatic heterocycles. The first kappa shape index (κ1) is 13.1. The molecule has 3 nitrogen and oxygen atoms in total. The van der Waals surface area contributed by atoms with Crippen LogP contribution in [0.2, 0.25) is 0 Å². The SMILES string of the molecule is C=c1c(=O)c(C(=P)CCC)c2n(c1=C)CCCO2. The summed E-state index contributed by atoms with van der Waals surface area (Å²) >= 11 is 0. The van der Waals surface area contributed by atoms with E-state index in [0.717, 1.165) is 31.1 Å². The van der Waals surface area contributed by atoms with Gasteiger partial charge in [-0.25, -0.2) is 0 Å². The predicted molar refractivity (Wildman–Crippen MR) is 78.4 cm³/mol. The number of nitrogens with zero attached hydrogens (tertiary/aromatic N) is 1. The molecule has 0 radical (unpaired) electrons. The van der Waals surface area contributed by atoms with Crippen molar-refractivity contribution >= 4 is 27.3 Å². The summed E-state index contributed by atoms with van der Waals surface area (Å²) in [6, 6.07) is 0. The van der Waals surface area contributed by atoms with Gasteiger partial charge in [0.25, 0.3) is 0 Å². The molecule has 0 amide bonds. The van der Waals surface area contributed by atoms with E-state index in [2.05, 4.69) is 28.9 Å². The fourth-order valence-electron chi connectivity index (χ4n) is 2.22. The second kappa shape index (κ2) is 5.11. The predicted octanol–water partition coefficient (Wildman–Crippen LogP) is 0.915. The van der Waals surface area contributed by atoms with Crippen molar-refractivity contribution in [2.24, 2.45) is 0 Å². The summed E-state index contributed by atoms with van der Waals surface area (Å²) in [6.45, 7) is 11.3. The molecule has 0 N–H and O–H groups in total. The van der Waals surface area contributed by atoms with E-state index in [1.54, 1.807) is 0 Å². The van der Waals surface area contributed by atoms with Crippen LogP contribution in [-0.4, -0.2) is 16.5 Å². The molecule has 2 heterocycles. The highest BCUT2D eigenvalue weighted by Crippen LogP contribution is 2.20. The van der Waals surface area contributed by atoms with Gasteiger partial charge < -0.3 is 9.30 Å². The molecule has 2 rings (SSSR count). The Hall–Kier alpha value is -1.34. The number of pyridine rings is 1. The highest BCUT2D eigenvalue weighted by atomic mass is 31.0. The van der Waals surface area contributed by atoms with E-state index in [1.165, 1.54) is 0 Å². The van der Waals surface area contributed by atoms with Crippen LogP contribution in [0.3, 0.4) is 0 Å². The van der Waals surface area contributed by atoms with E-state index in [0.29, 0.717) is 28.6 Å². The van der Waals surface area contributed by atoms with Crippen molar-refractivity contribution in [1.82, 2.24) is 4.57 Å². The van der Waals surface area contributed by atoms with Crippen LogP contribution in [0, 0.1) is 0 Å². The third-order valence-corrected chi connectivity index (χ3v) is 3.70. The number of hydrogen-bond acceptors (Lipinski definition) is 2. The van der Waals surface area contributed by atoms with Gasteiger partial charge in [-0.1, -0.05) is 26.5 Å². The number of ether oxygens (including phenoxy) is 1. The molecule has 96 valence electrons. The average molecular weight is 263 g/mol. The van der Waals surface area contributed by atoms with Crippen LogP contribution in [0.1, 0.15) is 31.7 Å². The van der Waals surface area contributed by atoms with Gasteiger partial charge in [0.15, 0.2) is 5.43 Å². The fraction of sp³-hybridized carbons (Fsp3) is 0.429. The lowest BCUT2D eigenvalue weighted by Gasteiger charge is -2.23. The van der Waals surface area contributed by atoms with Gasteiger partial charge in [-0.05, 0) is 18.1 Å². The Morgan fingerprint density at radius 2 is 2.22 bits per heavy atom. The van der Waals surface area contributed by atoms with Gasteiger partial charge in [0.05, 0.1) is 12.2 Å². The quantitative estimate of drug-likeness (QED) is 0.759. The van der Waals surface area contributed by atoms with Gasteiger partial charge in [-0.15, -0.1) is 8.86 Å². The zero-order valence-electron chi connectivity index (χ0n) is 10.7. The van der Waals surface area contributed by atoms with E-state index in [1.807, 2.05) is 4.57 Å². The van der Waals surface area contributed by atoms with Crippen molar-refractivity contribution in [3.05, 3.63) is 26.4 Å². The molecule has 0 atom stereocenters. The molecule has 4 heteroatoms. The highest BCUT2D eigenvalue weighted by Gasteiger charge is 2.20.